The van der Waals surface area contributed by atoms with Crippen LogP contribution in [0.15, 0.2) is 24.3 Å². The molecule has 0 aromatic heterocycles. The van der Waals surface area contributed by atoms with Crippen LogP contribution in [-0.4, -0.2) is 30.3 Å². The summed E-state index contributed by atoms with van der Waals surface area (Å²) in [4.78, 5) is 8.90. The maximum absolute atomic E-state index is 12.3. The number of alkyl halides is 6. The van der Waals surface area contributed by atoms with Crippen LogP contribution in [0.25, 0.3) is 0 Å². The number of hydrogen-bond acceptors (Lipinski definition) is 2. The summed E-state index contributed by atoms with van der Waals surface area (Å²) in [5, 5.41) is 10.3. The molecule has 1 unspecified atom stereocenters. The Hall–Kier alpha value is -2.21. The van der Waals surface area contributed by atoms with Gasteiger partial charge in [-0.1, -0.05) is 11.8 Å². The van der Waals surface area contributed by atoms with Gasteiger partial charge < -0.3 is 10.4 Å². The van der Waals surface area contributed by atoms with E-state index in [1.165, 1.54) is 12.1 Å². The lowest BCUT2D eigenvalue weighted by Crippen LogP contribution is -2.21. The molecule has 2 rings (SSSR count). The van der Waals surface area contributed by atoms with Gasteiger partial charge in [-0.25, -0.2) is 4.79 Å². The molecule has 2 N–H and O–H groups in total. The first-order chi connectivity index (χ1) is 11.0. The second-order valence-corrected chi connectivity index (χ2v) is 4.84. The Kier molecular flexibility index (Phi) is 6.66. The Bertz CT molecular complexity index is 604. The van der Waals surface area contributed by atoms with Gasteiger partial charge in [0, 0.05) is 18.0 Å². The van der Waals surface area contributed by atoms with Gasteiger partial charge in [-0.05, 0) is 37.2 Å². The van der Waals surface area contributed by atoms with E-state index >= 15 is 0 Å². The van der Waals surface area contributed by atoms with E-state index < -0.39 is 23.9 Å². The topological polar surface area (TPSA) is 49.3 Å². The molecule has 1 aliphatic rings. The second kappa shape index (κ2) is 8.06. The molecule has 0 radical (unpaired) electrons. The van der Waals surface area contributed by atoms with Gasteiger partial charge in [0.05, 0.1) is 5.56 Å². The molecule has 0 spiro atoms. The van der Waals surface area contributed by atoms with Gasteiger partial charge in [-0.3, -0.25) is 0 Å². The Morgan fingerprint density at radius 1 is 1.12 bits per heavy atom. The van der Waals surface area contributed by atoms with Gasteiger partial charge in [0.15, 0.2) is 0 Å². The zero-order valence-electron chi connectivity index (χ0n) is 12.1. The summed E-state index contributed by atoms with van der Waals surface area (Å²) in [6.07, 6.45) is -8.35. The van der Waals surface area contributed by atoms with E-state index in [1.807, 2.05) is 0 Å². The Morgan fingerprint density at radius 2 is 1.67 bits per heavy atom. The molecule has 0 aliphatic carbocycles. The largest absolute Gasteiger partial charge is 0.490 e. The first-order valence-corrected chi connectivity index (χ1v) is 6.70. The Balaban J connectivity index is 0.000000351. The molecule has 1 aromatic rings. The molecule has 1 aliphatic heterocycles. The molecular weight excluding hydrogens is 340 g/mol. The number of halogens is 6. The van der Waals surface area contributed by atoms with E-state index in [0.717, 1.165) is 31.6 Å². The minimum Gasteiger partial charge on any atom is -0.475 e. The molecule has 1 atom stereocenters. The first-order valence-electron chi connectivity index (χ1n) is 6.70. The van der Waals surface area contributed by atoms with E-state index in [-0.39, 0.29) is 0 Å². The van der Waals surface area contributed by atoms with Crippen molar-refractivity contribution in [2.75, 3.05) is 13.1 Å². The van der Waals surface area contributed by atoms with Crippen LogP contribution >= 0.6 is 0 Å². The molecule has 132 valence electrons. The number of hydrogen-bond donors (Lipinski definition) is 2. The van der Waals surface area contributed by atoms with Gasteiger partial charge >= 0.3 is 18.3 Å². The maximum Gasteiger partial charge on any atom is 0.490 e. The van der Waals surface area contributed by atoms with Crippen LogP contribution in [0.4, 0.5) is 26.3 Å². The Morgan fingerprint density at radius 3 is 2.04 bits per heavy atom. The van der Waals surface area contributed by atoms with E-state index in [0.29, 0.717) is 11.5 Å². The highest BCUT2D eigenvalue weighted by molar-refractivity contribution is 5.73. The Labute approximate surface area is 133 Å². The van der Waals surface area contributed by atoms with Gasteiger partial charge in [-0.2, -0.15) is 26.3 Å². The summed E-state index contributed by atoms with van der Waals surface area (Å²) >= 11 is 0. The normalized spacial score (nSPS) is 17.3. The fourth-order valence-electron chi connectivity index (χ4n) is 1.71. The average Bonchev–Trinajstić information content (AvgIpc) is 2.97. The van der Waals surface area contributed by atoms with Crippen LogP contribution in [0, 0.1) is 17.8 Å². The number of carboxylic acid groups (broad SMARTS) is 1. The standard InChI is InChI=1S/C13H12F3N.C2HF3O2/c14-13(15,16)12-5-3-10(4-6-12)1-2-11-7-8-17-9-11;3-2(4,5)1(6)7/h3-6,11,17H,7-9H2;(H,6,7). The molecule has 1 fully saturated rings. The van der Waals surface area contributed by atoms with Crippen LogP contribution in [-0.2, 0) is 11.0 Å². The lowest BCUT2D eigenvalue weighted by molar-refractivity contribution is -0.192. The summed E-state index contributed by atoms with van der Waals surface area (Å²) in [5.41, 5.74) is -0.00418. The maximum atomic E-state index is 12.3. The highest BCUT2D eigenvalue weighted by atomic mass is 19.4. The van der Waals surface area contributed by atoms with E-state index in [4.69, 9.17) is 9.90 Å². The summed E-state index contributed by atoms with van der Waals surface area (Å²) in [6, 6.07) is 4.96. The number of rotatable bonds is 0. The fraction of sp³-hybridized carbons (Fsp3) is 0.400. The van der Waals surface area contributed by atoms with Gasteiger partial charge in [0.1, 0.15) is 0 Å². The van der Waals surface area contributed by atoms with Crippen LogP contribution in [0.2, 0.25) is 0 Å². The van der Waals surface area contributed by atoms with Crippen molar-refractivity contribution >= 4 is 5.97 Å². The lowest BCUT2D eigenvalue weighted by atomic mass is 10.1. The fourth-order valence-corrected chi connectivity index (χ4v) is 1.71. The molecule has 0 amide bonds. The first kappa shape index (κ1) is 19.8. The monoisotopic (exact) mass is 353 g/mol. The SMILES string of the molecule is FC(F)(F)c1ccc(C#CC2CCNC2)cc1.O=C(O)C(F)(F)F. The van der Waals surface area contributed by atoms with Crippen molar-refractivity contribution in [3.8, 4) is 11.8 Å². The van der Waals surface area contributed by atoms with Crippen LogP contribution in [0.5, 0.6) is 0 Å². The smallest absolute Gasteiger partial charge is 0.475 e. The highest BCUT2D eigenvalue weighted by Crippen LogP contribution is 2.28. The van der Waals surface area contributed by atoms with Gasteiger partial charge in [0.2, 0.25) is 0 Å². The van der Waals surface area contributed by atoms with Crippen LogP contribution < -0.4 is 5.32 Å². The summed E-state index contributed by atoms with van der Waals surface area (Å²) < 4.78 is 68.7. The van der Waals surface area contributed by atoms with Crippen molar-refractivity contribution < 1.29 is 36.2 Å². The molecule has 24 heavy (non-hydrogen) atoms. The van der Waals surface area contributed by atoms with Gasteiger partial charge in [-0.15, -0.1) is 0 Å². The predicted octanol–water partition coefficient (Wildman–Crippen LogP) is 3.30. The molecule has 0 bridgehead atoms. The lowest BCUT2D eigenvalue weighted by Gasteiger charge is -2.05. The van der Waals surface area contributed by atoms with Gasteiger partial charge in [0.25, 0.3) is 0 Å². The van der Waals surface area contributed by atoms with Crippen molar-refractivity contribution in [1.29, 1.82) is 0 Å². The van der Waals surface area contributed by atoms with E-state index in [2.05, 4.69) is 17.2 Å². The summed E-state index contributed by atoms with van der Waals surface area (Å²) in [5.74, 6) is 3.53. The van der Waals surface area contributed by atoms with Crippen molar-refractivity contribution in [2.45, 2.75) is 18.8 Å². The van der Waals surface area contributed by atoms with Crippen LogP contribution in [0.3, 0.4) is 0 Å². The molecule has 1 saturated heterocycles. The van der Waals surface area contributed by atoms with E-state index in [1.54, 1.807) is 0 Å². The zero-order chi connectivity index (χ0) is 18.4. The predicted molar refractivity (Wildman–Crippen MR) is 73.0 cm³/mol. The van der Waals surface area contributed by atoms with Crippen LogP contribution in [0.1, 0.15) is 17.5 Å². The average molecular weight is 353 g/mol. The van der Waals surface area contributed by atoms with Crippen molar-refractivity contribution in [3.63, 3.8) is 0 Å². The number of nitrogens with one attached hydrogen (secondary N) is 1. The summed E-state index contributed by atoms with van der Waals surface area (Å²) in [7, 11) is 0. The molecule has 1 heterocycles. The summed E-state index contributed by atoms with van der Waals surface area (Å²) in [6.45, 7) is 1.83. The number of aliphatic carboxylic acids is 1. The minimum absolute atomic E-state index is 0.317. The molecule has 0 saturated carbocycles. The zero-order valence-corrected chi connectivity index (χ0v) is 12.1. The molecule has 3 nitrogen and oxygen atoms in total. The quantitative estimate of drug-likeness (QED) is 0.556. The molecular formula is C15H13F6NO2. The third-order valence-corrected chi connectivity index (χ3v) is 2.94. The van der Waals surface area contributed by atoms with E-state index in [9.17, 15) is 26.3 Å². The number of carbonyl (C=O) groups is 1. The third kappa shape index (κ3) is 6.91. The second-order valence-electron chi connectivity index (χ2n) is 4.84. The molecule has 9 heteroatoms. The highest BCUT2D eigenvalue weighted by Gasteiger charge is 2.38. The minimum atomic E-state index is -5.08. The molecule has 1 aromatic carbocycles. The third-order valence-electron chi connectivity index (χ3n) is 2.94. The van der Waals surface area contributed by atoms with Crippen molar-refractivity contribution in [1.82, 2.24) is 5.32 Å². The van der Waals surface area contributed by atoms with Crippen molar-refractivity contribution in [3.05, 3.63) is 35.4 Å². The number of carboxylic acids is 1. The van der Waals surface area contributed by atoms with Crippen molar-refractivity contribution in [2.24, 2.45) is 5.92 Å². The number of benzene rings is 1.